The average molecular weight is 429 g/mol. The van der Waals surface area contributed by atoms with Gasteiger partial charge in [-0.05, 0) is 72.9 Å². The van der Waals surface area contributed by atoms with Gasteiger partial charge in [-0.2, -0.15) is 0 Å². The molecule has 0 saturated heterocycles. The molecule has 0 unspecified atom stereocenters. The van der Waals surface area contributed by atoms with Crippen molar-refractivity contribution in [2.45, 2.75) is 38.0 Å². The largest absolute Gasteiger partial charge is 0.484 e. The summed E-state index contributed by atoms with van der Waals surface area (Å²) in [6, 6.07) is 24.1. The summed E-state index contributed by atoms with van der Waals surface area (Å²) in [5.74, 6) is 0.938. The Kier molecular flexibility index (Phi) is 7.18. The average Bonchev–Trinajstić information content (AvgIpc) is 2.85. The Labute approximate surface area is 188 Å². The van der Waals surface area contributed by atoms with Crippen LogP contribution >= 0.6 is 0 Å². The van der Waals surface area contributed by atoms with Gasteiger partial charge in [-0.1, -0.05) is 49.6 Å². The maximum Gasteiger partial charge on any atom is 0.262 e. The number of carbonyl (C=O) groups excluding carboxylic acids is 2. The van der Waals surface area contributed by atoms with Gasteiger partial charge in [0.15, 0.2) is 6.61 Å². The first-order chi connectivity index (χ1) is 15.7. The monoisotopic (exact) mass is 428 g/mol. The van der Waals surface area contributed by atoms with Gasteiger partial charge in [0, 0.05) is 16.9 Å². The lowest BCUT2D eigenvalue weighted by atomic mass is 9.84. The molecule has 3 aromatic rings. The smallest absolute Gasteiger partial charge is 0.262 e. The van der Waals surface area contributed by atoms with Crippen LogP contribution in [0.25, 0.3) is 0 Å². The van der Waals surface area contributed by atoms with E-state index in [0.717, 1.165) is 0 Å². The summed E-state index contributed by atoms with van der Waals surface area (Å²) < 4.78 is 5.64. The van der Waals surface area contributed by atoms with Gasteiger partial charge in [-0.15, -0.1) is 0 Å². The van der Waals surface area contributed by atoms with Crippen LogP contribution in [0.3, 0.4) is 0 Å². The third kappa shape index (κ3) is 5.97. The number of rotatable bonds is 7. The number of amides is 2. The molecule has 0 bridgehead atoms. The molecule has 0 heterocycles. The van der Waals surface area contributed by atoms with Crippen molar-refractivity contribution < 1.29 is 14.3 Å². The molecule has 2 N–H and O–H groups in total. The summed E-state index contributed by atoms with van der Waals surface area (Å²) in [6.45, 7) is -0.0602. The van der Waals surface area contributed by atoms with E-state index in [-0.39, 0.29) is 18.4 Å². The summed E-state index contributed by atoms with van der Waals surface area (Å²) in [5, 5.41) is 5.65. The first-order valence-corrected chi connectivity index (χ1v) is 11.2. The van der Waals surface area contributed by atoms with E-state index in [9.17, 15) is 9.59 Å². The summed E-state index contributed by atoms with van der Waals surface area (Å²) in [5.41, 5.74) is 3.25. The van der Waals surface area contributed by atoms with Crippen molar-refractivity contribution in [3.8, 4) is 5.75 Å². The minimum absolute atomic E-state index is 0.0602. The molecule has 0 aliphatic heterocycles. The molecular formula is C27H28N2O3. The lowest BCUT2D eigenvalue weighted by Crippen LogP contribution is -2.20. The molecular weight excluding hydrogens is 400 g/mol. The molecule has 3 aromatic carbocycles. The Morgan fingerprint density at radius 1 is 0.750 bits per heavy atom. The minimum atomic E-state index is -0.234. The van der Waals surface area contributed by atoms with Gasteiger partial charge in [0.05, 0.1) is 0 Å². The molecule has 1 aliphatic rings. The number of benzene rings is 3. The lowest BCUT2D eigenvalue weighted by Gasteiger charge is -2.22. The molecule has 1 fully saturated rings. The highest BCUT2D eigenvalue weighted by Crippen LogP contribution is 2.33. The van der Waals surface area contributed by atoms with E-state index in [1.807, 2.05) is 30.3 Å². The van der Waals surface area contributed by atoms with Gasteiger partial charge in [0.2, 0.25) is 0 Å². The van der Waals surface area contributed by atoms with Crippen molar-refractivity contribution in [2.24, 2.45) is 0 Å². The van der Waals surface area contributed by atoms with Crippen LogP contribution < -0.4 is 15.4 Å². The molecule has 1 saturated carbocycles. The van der Waals surface area contributed by atoms with Crippen LogP contribution in [0.2, 0.25) is 0 Å². The fourth-order valence-electron chi connectivity index (χ4n) is 4.05. The second-order valence-electron chi connectivity index (χ2n) is 8.14. The number of anilines is 2. The topological polar surface area (TPSA) is 67.4 Å². The molecule has 4 rings (SSSR count). The van der Waals surface area contributed by atoms with Crippen LogP contribution in [-0.2, 0) is 4.79 Å². The maximum atomic E-state index is 12.2. The van der Waals surface area contributed by atoms with Gasteiger partial charge in [0.1, 0.15) is 5.75 Å². The third-order valence-electron chi connectivity index (χ3n) is 5.79. The molecule has 0 spiro atoms. The Morgan fingerprint density at radius 3 is 2.03 bits per heavy atom. The van der Waals surface area contributed by atoms with Crippen LogP contribution in [0.15, 0.2) is 78.9 Å². The summed E-state index contributed by atoms with van der Waals surface area (Å²) in [4.78, 5) is 24.5. The molecule has 0 aromatic heterocycles. The minimum Gasteiger partial charge on any atom is -0.484 e. The highest BCUT2D eigenvalue weighted by atomic mass is 16.5. The third-order valence-corrected chi connectivity index (χ3v) is 5.79. The Hall–Kier alpha value is -3.60. The van der Waals surface area contributed by atoms with Crippen molar-refractivity contribution in [1.29, 1.82) is 0 Å². The Bertz CT molecular complexity index is 1020. The number of hydrogen-bond donors (Lipinski definition) is 2. The molecule has 5 nitrogen and oxygen atoms in total. The van der Waals surface area contributed by atoms with E-state index in [0.29, 0.717) is 28.6 Å². The van der Waals surface area contributed by atoms with E-state index < -0.39 is 0 Å². The highest BCUT2D eigenvalue weighted by Gasteiger charge is 2.15. The highest BCUT2D eigenvalue weighted by molar-refractivity contribution is 6.04. The van der Waals surface area contributed by atoms with Crippen LogP contribution in [0.1, 0.15) is 53.9 Å². The van der Waals surface area contributed by atoms with Crippen LogP contribution in [0.4, 0.5) is 11.4 Å². The molecule has 32 heavy (non-hydrogen) atoms. The van der Waals surface area contributed by atoms with Gasteiger partial charge >= 0.3 is 0 Å². The molecule has 0 atom stereocenters. The van der Waals surface area contributed by atoms with Crippen molar-refractivity contribution in [3.05, 3.63) is 90.0 Å². The van der Waals surface area contributed by atoms with E-state index >= 15 is 0 Å². The zero-order chi connectivity index (χ0) is 22.2. The number of carbonyl (C=O) groups is 2. The fraction of sp³-hybridized carbons (Fsp3) is 0.259. The van der Waals surface area contributed by atoms with Crippen LogP contribution in [0.5, 0.6) is 5.75 Å². The molecule has 5 heteroatoms. The molecule has 2 amide bonds. The standard InChI is InChI=1S/C27H28N2O3/c30-26(19-32-25-17-11-21(12-18-25)20-7-3-1-4-8-20)28-23-13-15-24(16-14-23)29-27(31)22-9-5-2-6-10-22/h2,5-6,9-18,20H,1,3-4,7-8,19H2,(H,28,30)(H,29,31). The SMILES string of the molecule is O=C(COc1ccc(C2CCCCC2)cc1)Nc1ccc(NC(=O)c2ccccc2)cc1. The van der Waals surface area contributed by atoms with Crippen molar-refractivity contribution in [2.75, 3.05) is 17.2 Å². The van der Waals surface area contributed by atoms with Gasteiger partial charge in [-0.25, -0.2) is 0 Å². The predicted octanol–water partition coefficient (Wildman–Crippen LogP) is 6.00. The summed E-state index contributed by atoms with van der Waals surface area (Å²) in [7, 11) is 0. The summed E-state index contributed by atoms with van der Waals surface area (Å²) in [6.07, 6.45) is 6.49. The first-order valence-electron chi connectivity index (χ1n) is 11.2. The first kappa shape index (κ1) is 21.6. The van der Waals surface area contributed by atoms with Crippen molar-refractivity contribution in [1.82, 2.24) is 0 Å². The Balaban J connectivity index is 1.24. The fourth-order valence-corrected chi connectivity index (χ4v) is 4.05. The van der Waals surface area contributed by atoms with E-state index in [1.54, 1.807) is 36.4 Å². The van der Waals surface area contributed by atoms with Crippen LogP contribution in [-0.4, -0.2) is 18.4 Å². The molecule has 1 aliphatic carbocycles. The van der Waals surface area contributed by atoms with Gasteiger partial charge < -0.3 is 15.4 Å². The Morgan fingerprint density at radius 2 is 1.38 bits per heavy atom. The lowest BCUT2D eigenvalue weighted by molar-refractivity contribution is -0.118. The molecule has 164 valence electrons. The predicted molar refractivity (Wildman–Crippen MR) is 127 cm³/mol. The maximum absolute atomic E-state index is 12.2. The summed E-state index contributed by atoms with van der Waals surface area (Å²) >= 11 is 0. The van der Waals surface area contributed by atoms with E-state index in [2.05, 4.69) is 22.8 Å². The number of ether oxygens (including phenoxy) is 1. The van der Waals surface area contributed by atoms with Gasteiger partial charge in [0.25, 0.3) is 11.8 Å². The second kappa shape index (κ2) is 10.6. The van der Waals surface area contributed by atoms with Crippen molar-refractivity contribution in [3.63, 3.8) is 0 Å². The molecule has 0 radical (unpaired) electrons. The number of hydrogen-bond acceptors (Lipinski definition) is 3. The van der Waals surface area contributed by atoms with Crippen molar-refractivity contribution >= 4 is 23.2 Å². The zero-order valence-corrected chi connectivity index (χ0v) is 18.1. The zero-order valence-electron chi connectivity index (χ0n) is 18.1. The van der Waals surface area contributed by atoms with Gasteiger partial charge in [-0.3, -0.25) is 9.59 Å². The number of nitrogens with one attached hydrogen (secondary N) is 2. The second-order valence-corrected chi connectivity index (χ2v) is 8.14. The quantitative estimate of drug-likeness (QED) is 0.485. The normalized spacial score (nSPS) is 13.9. The van der Waals surface area contributed by atoms with E-state index in [4.69, 9.17) is 4.74 Å². The van der Waals surface area contributed by atoms with Crippen LogP contribution in [0, 0.1) is 0 Å². The van der Waals surface area contributed by atoms with E-state index in [1.165, 1.54) is 37.7 Å².